The molecule has 34 heavy (non-hydrogen) atoms. The molecule has 182 valence electrons. The summed E-state index contributed by atoms with van der Waals surface area (Å²) in [4.78, 5) is 18.2. The number of fused-ring (bicyclic) bond motifs is 1. The monoisotopic (exact) mass is 499 g/mol. The van der Waals surface area contributed by atoms with E-state index in [9.17, 15) is 4.79 Å². The number of halogens is 2. The highest BCUT2D eigenvalue weighted by molar-refractivity contribution is 6.35. The lowest BCUT2D eigenvalue weighted by Crippen LogP contribution is -2.47. The molecule has 1 aliphatic carbocycles. The van der Waals surface area contributed by atoms with Crippen molar-refractivity contribution in [2.45, 2.75) is 64.0 Å². The van der Waals surface area contributed by atoms with Crippen molar-refractivity contribution in [2.75, 3.05) is 31.5 Å². The number of carbonyl (C=O) groups is 1. The first-order chi connectivity index (χ1) is 16.5. The van der Waals surface area contributed by atoms with Crippen molar-refractivity contribution >= 4 is 34.8 Å². The Hall–Kier alpha value is -1.59. The Bertz CT molecular complexity index is 1010. The van der Waals surface area contributed by atoms with E-state index in [1.54, 1.807) is 18.2 Å². The van der Waals surface area contributed by atoms with Gasteiger partial charge in [0.1, 0.15) is 0 Å². The van der Waals surface area contributed by atoms with Gasteiger partial charge in [0.25, 0.3) is 0 Å². The van der Waals surface area contributed by atoms with Crippen molar-refractivity contribution in [2.24, 2.45) is 5.92 Å². The Kier molecular flexibility index (Phi) is 7.50. The van der Waals surface area contributed by atoms with Crippen LogP contribution in [0.1, 0.15) is 61.3 Å². The van der Waals surface area contributed by atoms with Gasteiger partial charge in [-0.1, -0.05) is 59.8 Å². The number of carbonyl (C=O) groups excluding carboxylic acids is 1. The highest BCUT2D eigenvalue weighted by Gasteiger charge is 2.37. The number of hydrogen-bond donors (Lipinski definition) is 1. The van der Waals surface area contributed by atoms with E-state index in [1.807, 2.05) is 0 Å². The molecule has 1 unspecified atom stereocenters. The molecule has 0 aromatic heterocycles. The quantitative estimate of drug-likeness (QED) is 0.510. The molecule has 1 amide bonds. The van der Waals surface area contributed by atoms with Crippen molar-refractivity contribution in [1.29, 1.82) is 0 Å². The van der Waals surface area contributed by atoms with Gasteiger partial charge < -0.3 is 10.2 Å². The molecule has 2 aliphatic heterocycles. The highest BCUT2D eigenvalue weighted by atomic mass is 35.5. The third-order valence-corrected chi connectivity index (χ3v) is 8.47. The van der Waals surface area contributed by atoms with Crippen LogP contribution in [-0.4, -0.2) is 47.9 Å². The fourth-order valence-electron chi connectivity index (χ4n) is 6.45. The molecule has 2 heterocycles. The van der Waals surface area contributed by atoms with Crippen LogP contribution in [0.2, 0.25) is 10.0 Å². The molecule has 5 rings (SSSR count). The number of hydrogen-bond acceptors (Lipinski definition) is 3. The summed E-state index contributed by atoms with van der Waals surface area (Å²) in [6, 6.07) is 13.2. The van der Waals surface area contributed by atoms with E-state index in [1.165, 1.54) is 68.3 Å². The summed E-state index contributed by atoms with van der Waals surface area (Å²) in [7, 11) is 0. The number of aryl methyl sites for hydroxylation is 1. The maximum Gasteiger partial charge on any atom is 0.238 e. The van der Waals surface area contributed by atoms with Gasteiger partial charge in [-0.2, -0.15) is 0 Å². The van der Waals surface area contributed by atoms with Crippen molar-refractivity contribution in [3.05, 3.63) is 63.1 Å². The molecule has 0 bridgehead atoms. The lowest BCUT2D eigenvalue weighted by molar-refractivity contribution is -0.118. The summed E-state index contributed by atoms with van der Waals surface area (Å²) in [6.45, 7) is 5.84. The summed E-state index contributed by atoms with van der Waals surface area (Å²) in [5.74, 6) is 0.565. The summed E-state index contributed by atoms with van der Waals surface area (Å²) in [6.07, 6.45) is 8.92. The predicted octanol–water partition coefficient (Wildman–Crippen LogP) is 6.49. The molecule has 1 saturated carbocycles. The van der Waals surface area contributed by atoms with Gasteiger partial charge in [0.15, 0.2) is 0 Å². The molecule has 6 heteroatoms. The van der Waals surface area contributed by atoms with Crippen LogP contribution in [0.4, 0.5) is 5.69 Å². The van der Waals surface area contributed by atoms with Gasteiger partial charge in [-0.05, 0) is 87.4 Å². The van der Waals surface area contributed by atoms with Gasteiger partial charge in [-0.25, -0.2) is 0 Å². The lowest BCUT2D eigenvalue weighted by Gasteiger charge is -2.45. The minimum absolute atomic E-state index is 0.0118. The molecule has 2 fully saturated rings. The molecule has 2 aromatic carbocycles. The second-order valence-electron chi connectivity index (χ2n) is 10.4. The fraction of sp³-hybridized carbons (Fsp3) is 0.536. The summed E-state index contributed by atoms with van der Waals surface area (Å²) >= 11 is 12.3. The SMILES string of the molecule is Cc1ccc2c(c1)CCN(CC(=O)Nc1cc(Cl)cc(Cl)c1)C2C1CCN(C2CCCC2)CC1. The lowest BCUT2D eigenvalue weighted by atomic mass is 9.79. The fourth-order valence-corrected chi connectivity index (χ4v) is 6.98. The van der Waals surface area contributed by atoms with Crippen LogP contribution >= 0.6 is 23.2 Å². The largest absolute Gasteiger partial charge is 0.325 e. The van der Waals surface area contributed by atoms with Gasteiger partial charge in [0.05, 0.1) is 6.54 Å². The Labute approximate surface area is 213 Å². The van der Waals surface area contributed by atoms with Crippen LogP contribution in [0.25, 0.3) is 0 Å². The van der Waals surface area contributed by atoms with E-state index in [0.29, 0.717) is 34.2 Å². The Morgan fingerprint density at radius 2 is 1.68 bits per heavy atom. The predicted molar refractivity (Wildman–Crippen MR) is 141 cm³/mol. The van der Waals surface area contributed by atoms with Crippen LogP contribution in [0.15, 0.2) is 36.4 Å². The molecule has 1 atom stereocenters. The molecule has 3 aliphatic rings. The standard InChI is InChI=1S/C28H35Cl2N3O/c1-19-6-7-26-21(14-19)10-13-33(18-27(34)31-24-16-22(29)15-23(30)17-24)28(26)20-8-11-32(12-9-20)25-4-2-3-5-25/h6-7,14-17,20,25,28H,2-5,8-13,18H2,1H3,(H,31,34). The zero-order valence-electron chi connectivity index (χ0n) is 20.0. The minimum Gasteiger partial charge on any atom is -0.325 e. The highest BCUT2D eigenvalue weighted by Crippen LogP contribution is 2.41. The topological polar surface area (TPSA) is 35.6 Å². The van der Waals surface area contributed by atoms with Crippen LogP contribution in [-0.2, 0) is 11.2 Å². The Morgan fingerprint density at radius 1 is 0.971 bits per heavy atom. The maximum atomic E-state index is 13.1. The van der Waals surface area contributed by atoms with Crippen molar-refractivity contribution in [3.63, 3.8) is 0 Å². The van der Waals surface area contributed by atoms with E-state index in [4.69, 9.17) is 23.2 Å². The van der Waals surface area contributed by atoms with E-state index >= 15 is 0 Å². The number of nitrogens with one attached hydrogen (secondary N) is 1. The maximum absolute atomic E-state index is 13.1. The number of likely N-dealkylation sites (tertiary alicyclic amines) is 1. The Balaban J connectivity index is 1.32. The molecule has 0 radical (unpaired) electrons. The van der Waals surface area contributed by atoms with Crippen molar-refractivity contribution in [3.8, 4) is 0 Å². The second-order valence-corrected chi connectivity index (χ2v) is 11.3. The smallest absolute Gasteiger partial charge is 0.238 e. The normalized spacial score (nSPS) is 22.6. The molecule has 0 spiro atoms. The van der Waals surface area contributed by atoms with E-state index in [0.717, 1.165) is 19.0 Å². The number of nitrogens with zero attached hydrogens (tertiary/aromatic N) is 2. The zero-order chi connectivity index (χ0) is 23.7. The van der Waals surface area contributed by atoms with Crippen LogP contribution < -0.4 is 5.32 Å². The van der Waals surface area contributed by atoms with Crippen LogP contribution in [0.5, 0.6) is 0 Å². The van der Waals surface area contributed by atoms with Gasteiger partial charge >= 0.3 is 0 Å². The first-order valence-electron chi connectivity index (χ1n) is 12.8. The van der Waals surface area contributed by atoms with Gasteiger partial charge in [0, 0.05) is 34.4 Å². The molecule has 4 nitrogen and oxygen atoms in total. The number of piperidine rings is 1. The second kappa shape index (κ2) is 10.6. The third-order valence-electron chi connectivity index (χ3n) is 8.03. The summed E-state index contributed by atoms with van der Waals surface area (Å²) < 4.78 is 0. The Morgan fingerprint density at radius 3 is 2.38 bits per heavy atom. The van der Waals surface area contributed by atoms with E-state index < -0.39 is 0 Å². The summed E-state index contributed by atoms with van der Waals surface area (Å²) in [5.41, 5.74) is 4.85. The summed E-state index contributed by atoms with van der Waals surface area (Å²) in [5, 5.41) is 4.06. The first kappa shape index (κ1) is 24.1. The zero-order valence-corrected chi connectivity index (χ0v) is 21.5. The van der Waals surface area contributed by atoms with Gasteiger partial charge in [0.2, 0.25) is 5.91 Å². The van der Waals surface area contributed by atoms with Crippen molar-refractivity contribution < 1.29 is 4.79 Å². The van der Waals surface area contributed by atoms with Gasteiger partial charge in [-0.3, -0.25) is 9.69 Å². The van der Waals surface area contributed by atoms with Crippen LogP contribution in [0.3, 0.4) is 0 Å². The molecule has 1 N–H and O–H groups in total. The minimum atomic E-state index is -0.0118. The van der Waals surface area contributed by atoms with E-state index in [2.05, 4.69) is 40.2 Å². The molecule has 2 aromatic rings. The number of rotatable bonds is 5. The van der Waals surface area contributed by atoms with Gasteiger partial charge in [-0.15, -0.1) is 0 Å². The molecule has 1 saturated heterocycles. The van der Waals surface area contributed by atoms with Crippen LogP contribution in [0, 0.1) is 12.8 Å². The van der Waals surface area contributed by atoms with E-state index in [-0.39, 0.29) is 5.91 Å². The average Bonchev–Trinajstić information content (AvgIpc) is 3.33. The third kappa shape index (κ3) is 5.46. The number of benzene rings is 2. The average molecular weight is 501 g/mol. The first-order valence-corrected chi connectivity index (χ1v) is 13.6. The number of amides is 1. The number of anilines is 1. The molecular formula is C28H35Cl2N3O. The molecular weight excluding hydrogens is 465 g/mol. The van der Waals surface area contributed by atoms with Crippen molar-refractivity contribution in [1.82, 2.24) is 9.80 Å².